The van der Waals surface area contributed by atoms with Crippen molar-refractivity contribution >= 4 is 16.6 Å². The van der Waals surface area contributed by atoms with Gasteiger partial charge in [-0.2, -0.15) is 0 Å². The van der Waals surface area contributed by atoms with Crippen LogP contribution in [0.25, 0.3) is 10.9 Å². The van der Waals surface area contributed by atoms with Crippen LogP contribution in [0.4, 0.5) is 5.69 Å². The molecule has 0 fully saturated rings. The van der Waals surface area contributed by atoms with Crippen LogP contribution in [0.1, 0.15) is 0 Å². The van der Waals surface area contributed by atoms with Crippen molar-refractivity contribution in [3.63, 3.8) is 0 Å². The molecule has 2 nitrogen and oxygen atoms in total. The smallest absolute Gasteiger partial charge is 0.214 e. The molecule has 0 saturated carbocycles. The molecule has 0 amide bonds. The molecule has 14 heavy (non-hydrogen) atoms. The zero-order valence-electron chi connectivity index (χ0n) is 8.86. The van der Waals surface area contributed by atoms with E-state index in [4.69, 9.17) is 0 Å². The Morgan fingerprint density at radius 3 is 2.64 bits per heavy atom. The summed E-state index contributed by atoms with van der Waals surface area (Å²) in [4.78, 5) is 2.12. The standard InChI is InChI=1S/C12H15N2/c1-13(2)11-7-6-10-5-4-8-14(3)12(10)9-11/h4-9H,1-3H3/q+1. The van der Waals surface area contributed by atoms with E-state index in [1.807, 2.05) is 0 Å². The lowest BCUT2D eigenvalue weighted by Crippen LogP contribution is -2.28. The molecule has 0 aliphatic heterocycles. The average molecular weight is 187 g/mol. The molecule has 2 aromatic rings. The molecule has 1 heterocycles. The molecule has 72 valence electrons. The first-order valence-electron chi connectivity index (χ1n) is 4.74. The number of fused-ring (bicyclic) bond motifs is 1. The third-order valence-corrected chi connectivity index (χ3v) is 2.50. The van der Waals surface area contributed by atoms with Gasteiger partial charge in [0.05, 0.1) is 0 Å². The maximum atomic E-state index is 2.20. The van der Waals surface area contributed by atoms with Crippen LogP contribution >= 0.6 is 0 Å². The Morgan fingerprint density at radius 1 is 1.14 bits per heavy atom. The lowest BCUT2D eigenvalue weighted by atomic mass is 10.2. The molecule has 1 aromatic carbocycles. The number of nitrogens with zero attached hydrogens (tertiary/aromatic N) is 2. The topological polar surface area (TPSA) is 7.12 Å². The van der Waals surface area contributed by atoms with Crippen molar-refractivity contribution in [3.05, 3.63) is 36.5 Å². The Hall–Kier alpha value is -1.57. The fourth-order valence-electron chi connectivity index (χ4n) is 1.61. The van der Waals surface area contributed by atoms with Crippen molar-refractivity contribution in [2.75, 3.05) is 19.0 Å². The highest BCUT2D eigenvalue weighted by molar-refractivity contribution is 5.79. The molecule has 0 unspecified atom stereocenters. The van der Waals surface area contributed by atoms with E-state index in [0.717, 1.165) is 0 Å². The molecule has 0 aliphatic rings. The summed E-state index contributed by atoms with van der Waals surface area (Å²) < 4.78 is 2.14. The summed E-state index contributed by atoms with van der Waals surface area (Å²) >= 11 is 0. The van der Waals surface area contributed by atoms with Crippen molar-refractivity contribution < 1.29 is 4.57 Å². The molecule has 0 aliphatic carbocycles. The summed E-state index contributed by atoms with van der Waals surface area (Å²) in [6, 6.07) is 10.7. The molecule has 2 heteroatoms. The van der Waals surface area contributed by atoms with Crippen LogP contribution in [0.2, 0.25) is 0 Å². The zero-order chi connectivity index (χ0) is 10.1. The van der Waals surface area contributed by atoms with Crippen LogP contribution in [-0.4, -0.2) is 14.1 Å². The molecule has 0 saturated heterocycles. The van der Waals surface area contributed by atoms with Crippen molar-refractivity contribution in [1.82, 2.24) is 0 Å². The van der Waals surface area contributed by atoms with Crippen molar-refractivity contribution in [2.24, 2.45) is 7.05 Å². The van der Waals surface area contributed by atoms with Gasteiger partial charge in [0, 0.05) is 37.3 Å². The summed E-state index contributed by atoms with van der Waals surface area (Å²) in [5.74, 6) is 0. The number of pyridine rings is 1. The van der Waals surface area contributed by atoms with Gasteiger partial charge in [0.25, 0.3) is 0 Å². The van der Waals surface area contributed by atoms with Crippen LogP contribution in [0.3, 0.4) is 0 Å². The molecule has 0 N–H and O–H groups in total. The van der Waals surface area contributed by atoms with Crippen LogP contribution in [-0.2, 0) is 7.05 Å². The van der Waals surface area contributed by atoms with E-state index >= 15 is 0 Å². The van der Waals surface area contributed by atoms with Gasteiger partial charge in [-0.25, -0.2) is 4.57 Å². The second-order valence-electron chi connectivity index (χ2n) is 3.76. The summed E-state index contributed by atoms with van der Waals surface area (Å²) in [5, 5.41) is 1.28. The number of aryl methyl sites for hydroxylation is 1. The number of hydrogen-bond acceptors (Lipinski definition) is 1. The van der Waals surface area contributed by atoms with Gasteiger partial charge in [-0.3, -0.25) is 0 Å². The van der Waals surface area contributed by atoms with E-state index in [2.05, 4.69) is 67.1 Å². The van der Waals surface area contributed by atoms with E-state index < -0.39 is 0 Å². The fraction of sp³-hybridized carbons (Fsp3) is 0.250. The van der Waals surface area contributed by atoms with Gasteiger partial charge in [-0.1, -0.05) is 0 Å². The minimum absolute atomic E-state index is 1.24. The van der Waals surface area contributed by atoms with Crippen LogP contribution in [0.5, 0.6) is 0 Å². The van der Waals surface area contributed by atoms with Gasteiger partial charge in [0.15, 0.2) is 6.20 Å². The Morgan fingerprint density at radius 2 is 1.93 bits per heavy atom. The fourth-order valence-corrected chi connectivity index (χ4v) is 1.61. The van der Waals surface area contributed by atoms with E-state index in [9.17, 15) is 0 Å². The highest BCUT2D eigenvalue weighted by Gasteiger charge is 2.05. The maximum Gasteiger partial charge on any atom is 0.214 e. The van der Waals surface area contributed by atoms with Gasteiger partial charge in [0.1, 0.15) is 7.05 Å². The third-order valence-electron chi connectivity index (χ3n) is 2.50. The lowest BCUT2D eigenvalue weighted by Gasteiger charge is -2.11. The summed E-state index contributed by atoms with van der Waals surface area (Å²) in [5.41, 5.74) is 2.50. The van der Waals surface area contributed by atoms with Crippen LogP contribution < -0.4 is 9.47 Å². The van der Waals surface area contributed by atoms with Gasteiger partial charge in [0.2, 0.25) is 5.52 Å². The number of anilines is 1. The van der Waals surface area contributed by atoms with E-state index in [0.29, 0.717) is 0 Å². The predicted molar refractivity (Wildman–Crippen MR) is 59.5 cm³/mol. The summed E-state index contributed by atoms with van der Waals surface area (Å²) in [6.45, 7) is 0. The first kappa shape index (κ1) is 9.00. The molecule has 0 bridgehead atoms. The number of rotatable bonds is 1. The Balaban J connectivity index is 2.70. The maximum absolute atomic E-state index is 2.20. The van der Waals surface area contributed by atoms with Crippen molar-refractivity contribution in [1.29, 1.82) is 0 Å². The number of benzene rings is 1. The minimum Gasteiger partial charge on any atom is -0.377 e. The average Bonchev–Trinajstić information content (AvgIpc) is 2.18. The first-order chi connectivity index (χ1) is 6.68. The minimum atomic E-state index is 1.24. The van der Waals surface area contributed by atoms with Gasteiger partial charge in [-0.05, 0) is 18.2 Å². The van der Waals surface area contributed by atoms with Gasteiger partial charge < -0.3 is 4.90 Å². The predicted octanol–water partition coefficient (Wildman–Crippen LogP) is 1.73. The third kappa shape index (κ3) is 1.43. The van der Waals surface area contributed by atoms with E-state index in [1.165, 1.54) is 16.6 Å². The monoisotopic (exact) mass is 187 g/mol. The Kier molecular flexibility index (Phi) is 2.12. The van der Waals surface area contributed by atoms with Gasteiger partial charge in [-0.15, -0.1) is 0 Å². The molecule has 2 rings (SSSR count). The summed E-state index contributed by atoms with van der Waals surface area (Å²) in [7, 11) is 6.19. The van der Waals surface area contributed by atoms with Crippen LogP contribution in [0.15, 0.2) is 36.5 Å². The number of aromatic nitrogens is 1. The second-order valence-corrected chi connectivity index (χ2v) is 3.76. The Labute approximate surface area is 84.4 Å². The SMILES string of the molecule is CN(C)c1ccc2ccc[n+](C)c2c1. The molecular weight excluding hydrogens is 172 g/mol. The van der Waals surface area contributed by atoms with Crippen molar-refractivity contribution in [2.45, 2.75) is 0 Å². The molecule has 1 aromatic heterocycles. The molecule has 0 spiro atoms. The quantitative estimate of drug-likeness (QED) is 0.617. The van der Waals surface area contributed by atoms with Gasteiger partial charge >= 0.3 is 0 Å². The second kappa shape index (κ2) is 3.29. The highest BCUT2D eigenvalue weighted by atomic mass is 15.1. The summed E-state index contributed by atoms with van der Waals surface area (Å²) in [6.07, 6.45) is 2.07. The van der Waals surface area contributed by atoms with E-state index in [-0.39, 0.29) is 0 Å². The molecule has 0 radical (unpaired) electrons. The van der Waals surface area contributed by atoms with Crippen molar-refractivity contribution in [3.8, 4) is 0 Å². The molecule has 0 atom stereocenters. The lowest BCUT2D eigenvalue weighted by molar-refractivity contribution is -0.644. The largest absolute Gasteiger partial charge is 0.377 e. The normalized spacial score (nSPS) is 10.5. The van der Waals surface area contributed by atoms with E-state index in [1.54, 1.807) is 0 Å². The molecular formula is C12H15N2+. The number of hydrogen-bond donors (Lipinski definition) is 0. The zero-order valence-corrected chi connectivity index (χ0v) is 8.86. The van der Waals surface area contributed by atoms with Crippen LogP contribution in [0, 0.1) is 0 Å². The first-order valence-corrected chi connectivity index (χ1v) is 4.74. The highest BCUT2D eigenvalue weighted by Crippen LogP contribution is 2.17. The Bertz CT molecular complexity index is 461.